The Hall–Kier alpha value is -0.480. The van der Waals surface area contributed by atoms with Crippen LogP contribution in [0.4, 0.5) is 5.69 Å². The van der Waals surface area contributed by atoms with Gasteiger partial charge in [0.25, 0.3) is 0 Å². The second-order valence-electron chi connectivity index (χ2n) is 5.03. The Labute approximate surface area is 127 Å². The van der Waals surface area contributed by atoms with Crippen molar-refractivity contribution in [2.75, 3.05) is 11.9 Å². The van der Waals surface area contributed by atoms with Gasteiger partial charge in [-0.25, -0.2) is 0 Å². The van der Waals surface area contributed by atoms with E-state index in [1.165, 1.54) is 0 Å². The van der Waals surface area contributed by atoms with Crippen LogP contribution in [0.15, 0.2) is 12.1 Å². The summed E-state index contributed by atoms with van der Waals surface area (Å²) in [7, 11) is 0. The molecule has 104 valence electrons. The number of hydrogen-bond acceptors (Lipinski definition) is 2. The maximum atomic E-state index is 12.1. The fourth-order valence-corrected chi connectivity index (χ4v) is 3.23. The van der Waals surface area contributed by atoms with Crippen LogP contribution < -0.4 is 11.1 Å². The molecule has 3 N–H and O–H groups in total. The summed E-state index contributed by atoms with van der Waals surface area (Å²) >= 11 is 17.9. The van der Waals surface area contributed by atoms with Crippen LogP contribution in [0.25, 0.3) is 0 Å². The molecule has 0 radical (unpaired) electrons. The van der Waals surface area contributed by atoms with Crippen LogP contribution in [0.1, 0.15) is 25.7 Å². The highest BCUT2D eigenvalue weighted by molar-refractivity contribution is 6.42. The number of nitrogens with two attached hydrogens (primary N) is 1. The van der Waals surface area contributed by atoms with Gasteiger partial charge in [-0.2, -0.15) is 0 Å². The Kier molecular flexibility index (Phi) is 4.62. The highest BCUT2D eigenvalue weighted by Gasteiger charge is 2.37. The normalized spacial score (nSPS) is 16.8. The molecule has 6 heteroatoms. The number of benzene rings is 1. The van der Waals surface area contributed by atoms with E-state index >= 15 is 0 Å². The molecule has 1 aliphatic rings. The monoisotopic (exact) mass is 320 g/mol. The molecule has 2 rings (SSSR count). The predicted molar refractivity (Wildman–Crippen MR) is 80.1 cm³/mol. The first-order valence-corrected chi connectivity index (χ1v) is 7.24. The lowest BCUT2D eigenvalue weighted by atomic mass is 9.66. The van der Waals surface area contributed by atoms with Gasteiger partial charge in [-0.15, -0.1) is 0 Å². The first-order chi connectivity index (χ1) is 8.96. The van der Waals surface area contributed by atoms with E-state index in [1.807, 2.05) is 0 Å². The minimum absolute atomic E-state index is 0.0462. The summed E-state index contributed by atoms with van der Waals surface area (Å²) in [6.07, 6.45) is 3.53. The molecule has 1 amide bonds. The maximum absolute atomic E-state index is 12.1. The van der Waals surface area contributed by atoms with Gasteiger partial charge in [0.2, 0.25) is 5.91 Å². The molecule has 0 aliphatic heterocycles. The number of amides is 1. The topological polar surface area (TPSA) is 55.1 Å². The molecule has 0 unspecified atom stereocenters. The summed E-state index contributed by atoms with van der Waals surface area (Å²) in [4.78, 5) is 12.1. The molecule has 19 heavy (non-hydrogen) atoms. The number of hydrogen-bond donors (Lipinski definition) is 2. The number of anilines is 1. The van der Waals surface area contributed by atoms with Gasteiger partial charge < -0.3 is 11.1 Å². The summed E-state index contributed by atoms with van der Waals surface area (Å²) in [5.74, 6) is -0.115. The van der Waals surface area contributed by atoms with E-state index in [1.54, 1.807) is 12.1 Å². The largest absolute Gasteiger partial charge is 0.330 e. The van der Waals surface area contributed by atoms with Crippen molar-refractivity contribution in [2.45, 2.75) is 25.7 Å². The van der Waals surface area contributed by atoms with Crippen molar-refractivity contribution in [1.29, 1.82) is 0 Å². The summed E-state index contributed by atoms with van der Waals surface area (Å²) in [5, 5.41) is 3.85. The number of halogens is 3. The van der Waals surface area contributed by atoms with Crippen molar-refractivity contribution in [2.24, 2.45) is 11.1 Å². The molecule has 0 aromatic heterocycles. The molecular weight excluding hydrogens is 307 g/mol. The van der Waals surface area contributed by atoms with Gasteiger partial charge >= 0.3 is 0 Å². The average Bonchev–Trinajstić information content (AvgIpc) is 2.28. The minimum atomic E-state index is -0.115. The average molecular weight is 322 g/mol. The van der Waals surface area contributed by atoms with Crippen LogP contribution >= 0.6 is 34.8 Å². The molecule has 1 fully saturated rings. The van der Waals surface area contributed by atoms with E-state index < -0.39 is 0 Å². The highest BCUT2D eigenvalue weighted by Crippen LogP contribution is 2.43. The zero-order chi connectivity index (χ0) is 14.0. The molecule has 3 nitrogen and oxygen atoms in total. The van der Waals surface area contributed by atoms with E-state index in [4.69, 9.17) is 40.5 Å². The van der Waals surface area contributed by atoms with E-state index in [2.05, 4.69) is 5.32 Å². The van der Waals surface area contributed by atoms with Crippen molar-refractivity contribution >= 4 is 46.4 Å². The number of carbonyl (C=O) groups excluding carboxylic acids is 1. The zero-order valence-electron chi connectivity index (χ0n) is 10.3. The standard InChI is InChI=1S/C13H15Cl3N2O/c14-8-4-9(15)12(10(16)5-8)18-11(19)6-13(7-17)2-1-3-13/h4-5H,1-3,6-7,17H2,(H,18,19). The van der Waals surface area contributed by atoms with Gasteiger partial charge in [0.15, 0.2) is 0 Å². The van der Waals surface area contributed by atoms with Crippen LogP contribution in [0.3, 0.4) is 0 Å². The van der Waals surface area contributed by atoms with Crippen molar-refractivity contribution in [3.63, 3.8) is 0 Å². The molecule has 1 aromatic rings. The lowest BCUT2D eigenvalue weighted by molar-refractivity contribution is -0.119. The molecule has 1 aliphatic carbocycles. The van der Waals surface area contributed by atoms with E-state index in [9.17, 15) is 4.79 Å². The van der Waals surface area contributed by atoms with Gasteiger partial charge in [-0.1, -0.05) is 41.2 Å². The van der Waals surface area contributed by atoms with Crippen LogP contribution in [-0.2, 0) is 4.79 Å². The van der Waals surface area contributed by atoms with Crippen molar-refractivity contribution in [3.8, 4) is 0 Å². The predicted octanol–water partition coefficient (Wildman–Crippen LogP) is 4.10. The zero-order valence-corrected chi connectivity index (χ0v) is 12.6. The molecule has 0 atom stereocenters. The van der Waals surface area contributed by atoms with Crippen molar-refractivity contribution < 1.29 is 4.79 Å². The van der Waals surface area contributed by atoms with Crippen molar-refractivity contribution in [1.82, 2.24) is 0 Å². The fourth-order valence-electron chi connectivity index (χ4n) is 2.32. The van der Waals surface area contributed by atoms with Crippen LogP contribution in [-0.4, -0.2) is 12.5 Å². The summed E-state index contributed by atoms with van der Waals surface area (Å²) in [5.41, 5.74) is 6.10. The third-order valence-corrected chi connectivity index (χ3v) is 4.47. The molecule has 0 heterocycles. The quantitative estimate of drug-likeness (QED) is 0.877. The van der Waals surface area contributed by atoms with Gasteiger partial charge in [-0.3, -0.25) is 4.79 Å². The minimum Gasteiger partial charge on any atom is -0.330 e. The Balaban J connectivity index is 2.07. The van der Waals surface area contributed by atoms with Crippen LogP contribution in [0, 0.1) is 5.41 Å². The number of rotatable bonds is 4. The summed E-state index contributed by atoms with van der Waals surface area (Å²) in [6, 6.07) is 3.10. The first-order valence-electron chi connectivity index (χ1n) is 6.10. The molecule has 0 bridgehead atoms. The Bertz CT molecular complexity index is 472. The van der Waals surface area contributed by atoms with Crippen LogP contribution in [0.2, 0.25) is 15.1 Å². The van der Waals surface area contributed by atoms with Gasteiger partial charge in [0.1, 0.15) is 0 Å². The summed E-state index contributed by atoms with van der Waals surface area (Å²) < 4.78 is 0. The first kappa shape index (κ1) is 14.9. The Morgan fingerprint density at radius 3 is 2.26 bits per heavy atom. The third-order valence-electron chi connectivity index (χ3n) is 3.65. The van der Waals surface area contributed by atoms with Gasteiger partial charge in [0.05, 0.1) is 15.7 Å². The molecule has 0 spiro atoms. The van der Waals surface area contributed by atoms with Crippen molar-refractivity contribution in [3.05, 3.63) is 27.2 Å². The van der Waals surface area contributed by atoms with E-state index in [-0.39, 0.29) is 11.3 Å². The number of nitrogens with one attached hydrogen (secondary N) is 1. The Morgan fingerprint density at radius 2 is 1.84 bits per heavy atom. The van der Waals surface area contributed by atoms with Gasteiger partial charge in [-0.05, 0) is 36.9 Å². The second kappa shape index (κ2) is 5.88. The smallest absolute Gasteiger partial charge is 0.225 e. The number of carbonyl (C=O) groups is 1. The summed E-state index contributed by atoms with van der Waals surface area (Å²) in [6.45, 7) is 0.530. The van der Waals surface area contributed by atoms with Gasteiger partial charge in [0, 0.05) is 11.4 Å². The Morgan fingerprint density at radius 1 is 1.26 bits per heavy atom. The van der Waals surface area contributed by atoms with E-state index in [0.717, 1.165) is 19.3 Å². The lowest BCUT2D eigenvalue weighted by Gasteiger charge is -2.40. The second-order valence-corrected chi connectivity index (χ2v) is 6.28. The molecule has 1 saturated carbocycles. The maximum Gasteiger partial charge on any atom is 0.225 e. The fraction of sp³-hybridized carbons (Fsp3) is 0.462. The van der Waals surface area contributed by atoms with E-state index in [0.29, 0.717) is 33.7 Å². The SMILES string of the molecule is NCC1(CC(=O)Nc2c(Cl)cc(Cl)cc2Cl)CCC1. The molecular formula is C13H15Cl3N2O. The van der Waals surface area contributed by atoms with Crippen LogP contribution in [0.5, 0.6) is 0 Å². The lowest BCUT2D eigenvalue weighted by Crippen LogP contribution is -2.40. The highest BCUT2D eigenvalue weighted by atomic mass is 35.5. The molecule has 1 aromatic carbocycles. The molecule has 0 saturated heterocycles. The third kappa shape index (κ3) is 3.34.